The van der Waals surface area contributed by atoms with Gasteiger partial charge in [0.05, 0.1) is 5.56 Å². The Morgan fingerprint density at radius 2 is 1.89 bits per heavy atom. The van der Waals surface area contributed by atoms with Gasteiger partial charge in [-0.2, -0.15) is 0 Å². The van der Waals surface area contributed by atoms with E-state index in [1.54, 1.807) is 6.07 Å². The number of amides is 1. The molecule has 1 saturated carbocycles. The van der Waals surface area contributed by atoms with Crippen LogP contribution in [0.3, 0.4) is 0 Å². The van der Waals surface area contributed by atoms with Gasteiger partial charge in [0.1, 0.15) is 11.3 Å². The molecule has 0 spiro atoms. The first kappa shape index (κ1) is 14.1. The molecule has 0 bridgehead atoms. The highest BCUT2D eigenvalue weighted by molar-refractivity contribution is 14.1. The Morgan fingerprint density at radius 1 is 1.26 bits per heavy atom. The Bertz CT molecular complexity index is 523. The molecule has 1 aliphatic carbocycles. The van der Waals surface area contributed by atoms with E-state index in [4.69, 9.17) is 0 Å². The number of phenolic OH excluding ortho intramolecular Hbond substituents is 1. The summed E-state index contributed by atoms with van der Waals surface area (Å²) < 4.78 is 0.802. The molecule has 1 fully saturated rings. The van der Waals surface area contributed by atoms with Gasteiger partial charge in [-0.25, -0.2) is 4.79 Å². The molecule has 1 aliphatic rings. The first-order valence-electron chi connectivity index (χ1n) is 5.99. The molecule has 1 aromatic carbocycles. The zero-order valence-electron chi connectivity index (χ0n) is 10.1. The fourth-order valence-corrected chi connectivity index (χ4v) is 2.84. The van der Waals surface area contributed by atoms with Crippen molar-refractivity contribution in [2.75, 3.05) is 0 Å². The fourth-order valence-electron chi connectivity index (χ4n) is 2.35. The summed E-state index contributed by atoms with van der Waals surface area (Å²) in [6.45, 7) is 0. The lowest BCUT2D eigenvalue weighted by Crippen LogP contribution is -2.52. The smallest absolute Gasteiger partial charge is 0.329 e. The Morgan fingerprint density at radius 3 is 2.47 bits per heavy atom. The van der Waals surface area contributed by atoms with Crippen molar-refractivity contribution in [2.24, 2.45) is 0 Å². The lowest BCUT2D eigenvalue weighted by molar-refractivity contribution is -0.144. The van der Waals surface area contributed by atoms with Crippen LogP contribution in [0.5, 0.6) is 5.75 Å². The summed E-state index contributed by atoms with van der Waals surface area (Å²) in [6, 6.07) is 4.64. The minimum absolute atomic E-state index is 0.111. The van der Waals surface area contributed by atoms with Crippen molar-refractivity contribution < 1.29 is 19.8 Å². The summed E-state index contributed by atoms with van der Waals surface area (Å²) in [6.07, 6.45) is 2.42. The van der Waals surface area contributed by atoms with Crippen LogP contribution in [-0.2, 0) is 4.79 Å². The predicted octanol–water partition coefficient (Wildman–Crippen LogP) is 2.12. The molecule has 6 heteroatoms. The van der Waals surface area contributed by atoms with Gasteiger partial charge in [0, 0.05) is 3.57 Å². The van der Waals surface area contributed by atoms with Gasteiger partial charge in [0.15, 0.2) is 0 Å². The molecule has 1 amide bonds. The second-order valence-electron chi connectivity index (χ2n) is 4.71. The van der Waals surface area contributed by atoms with E-state index < -0.39 is 17.4 Å². The predicted molar refractivity (Wildman–Crippen MR) is 77.1 cm³/mol. The summed E-state index contributed by atoms with van der Waals surface area (Å²) >= 11 is 2.03. The maximum absolute atomic E-state index is 12.1. The van der Waals surface area contributed by atoms with Crippen LogP contribution in [0.25, 0.3) is 0 Å². The molecule has 0 radical (unpaired) electrons. The number of rotatable bonds is 3. The summed E-state index contributed by atoms with van der Waals surface area (Å²) in [5.74, 6) is -1.69. The molecular weight excluding hydrogens is 361 g/mol. The maximum atomic E-state index is 12.1. The van der Waals surface area contributed by atoms with E-state index in [1.165, 1.54) is 12.1 Å². The normalized spacial score (nSPS) is 17.1. The van der Waals surface area contributed by atoms with Gasteiger partial charge in [0.25, 0.3) is 5.91 Å². The highest BCUT2D eigenvalue weighted by Crippen LogP contribution is 2.31. The summed E-state index contributed by atoms with van der Waals surface area (Å²) in [7, 11) is 0. The van der Waals surface area contributed by atoms with Gasteiger partial charge in [-0.3, -0.25) is 4.79 Å². The first-order chi connectivity index (χ1) is 8.94. The number of phenols is 1. The Kier molecular flexibility index (Phi) is 3.98. The van der Waals surface area contributed by atoms with Crippen molar-refractivity contribution in [1.82, 2.24) is 5.32 Å². The first-order valence-corrected chi connectivity index (χ1v) is 7.07. The SMILES string of the molecule is O=C(NC1(C(=O)O)CCCC1)c1cc(I)ccc1O. The largest absolute Gasteiger partial charge is 0.507 e. The van der Waals surface area contributed by atoms with Gasteiger partial charge in [-0.05, 0) is 53.6 Å². The zero-order chi connectivity index (χ0) is 14.0. The second-order valence-corrected chi connectivity index (χ2v) is 5.96. The van der Waals surface area contributed by atoms with E-state index in [2.05, 4.69) is 5.32 Å². The number of carbonyl (C=O) groups is 2. The van der Waals surface area contributed by atoms with Crippen LogP contribution in [-0.4, -0.2) is 27.6 Å². The number of hydrogen-bond acceptors (Lipinski definition) is 3. The van der Waals surface area contributed by atoms with Crippen molar-refractivity contribution in [3.05, 3.63) is 27.3 Å². The third-order valence-electron chi connectivity index (χ3n) is 3.42. The highest BCUT2D eigenvalue weighted by atomic mass is 127. The average molecular weight is 375 g/mol. The highest BCUT2D eigenvalue weighted by Gasteiger charge is 2.42. The molecule has 0 saturated heterocycles. The molecule has 1 aromatic rings. The van der Waals surface area contributed by atoms with Crippen LogP contribution in [0.1, 0.15) is 36.0 Å². The van der Waals surface area contributed by atoms with Crippen LogP contribution in [0.4, 0.5) is 0 Å². The molecule has 0 aliphatic heterocycles. The Balaban J connectivity index is 2.25. The average Bonchev–Trinajstić information content (AvgIpc) is 2.82. The van der Waals surface area contributed by atoms with Crippen LogP contribution in [0.2, 0.25) is 0 Å². The van der Waals surface area contributed by atoms with E-state index in [1.807, 2.05) is 22.6 Å². The van der Waals surface area contributed by atoms with Crippen LogP contribution in [0.15, 0.2) is 18.2 Å². The van der Waals surface area contributed by atoms with Crippen molar-refractivity contribution in [1.29, 1.82) is 0 Å². The number of hydrogen-bond donors (Lipinski definition) is 3. The molecule has 102 valence electrons. The van der Waals surface area contributed by atoms with Gasteiger partial charge >= 0.3 is 5.97 Å². The zero-order valence-corrected chi connectivity index (χ0v) is 12.3. The third-order valence-corrected chi connectivity index (χ3v) is 4.09. The molecular formula is C13H14INO4. The topological polar surface area (TPSA) is 86.6 Å². The van der Waals surface area contributed by atoms with E-state index in [0.717, 1.165) is 16.4 Å². The maximum Gasteiger partial charge on any atom is 0.329 e. The quantitative estimate of drug-likeness (QED) is 0.707. The minimum atomic E-state index is -1.19. The van der Waals surface area contributed by atoms with E-state index in [-0.39, 0.29) is 11.3 Å². The van der Waals surface area contributed by atoms with Crippen molar-refractivity contribution in [3.63, 3.8) is 0 Å². The standard InChI is InChI=1S/C13H14INO4/c14-8-3-4-10(16)9(7-8)11(17)15-13(12(18)19)5-1-2-6-13/h3-4,7,16H,1-2,5-6H2,(H,15,17)(H,18,19). The number of halogens is 1. The molecule has 0 atom stereocenters. The number of carbonyl (C=O) groups excluding carboxylic acids is 1. The lowest BCUT2D eigenvalue weighted by atomic mass is 9.97. The Hall–Kier alpha value is -1.31. The van der Waals surface area contributed by atoms with Crippen molar-refractivity contribution in [2.45, 2.75) is 31.2 Å². The number of nitrogens with one attached hydrogen (secondary N) is 1. The molecule has 2 rings (SSSR count). The molecule has 0 aromatic heterocycles. The third kappa shape index (κ3) is 2.83. The molecule has 19 heavy (non-hydrogen) atoms. The molecule has 0 unspecified atom stereocenters. The number of aromatic hydroxyl groups is 1. The van der Waals surface area contributed by atoms with Crippen LogP contribution < -0.4 is 5.32 Å². The van der Waals surface area contributed by atoms with Crippen LogP contribution in [0, 0.1) is 3.57 Å². The molecule has 5 nitrogen and oxygen atoms in total. The summed E-state index contributed by atoms with van der Waals surface area (Å²) in [4.78, 5) is 23.5. The van der Waals surface area contributed by atoms with Gasteiger partial charge in [-0.1, -0.05) is 12.8 Å². The Labute approximate surface area is 124 Å². The summed E-state index contributed by atoms with van der Waals surface area (Å²) in [5, 5.41) is 21.6. The number of carboxylic acids is 1. The fraction of sp³-hybridized carbons (Fsp3) is 0.385. The lowest BCUT2D eigenvalue weighted by Gasteiger charge is -2.25. The number of carboxylic acid groups (broad SMARTS) is 1. The van der Waals surface area contributed by atoms with Crippen molar-refractivity contribution in [3.8, 4) is 5.75 Å². The monoisotopic (exact) mass is 375 g/mol. The van der Waals surface area contributed by atoms with Crippen LogP contribution >= 0.6 is 22.6 Å². The van der Waals surface area contributed by atoms with Crippen molar-refractivity contribution >= 4 is 34.5 Å². The summed E-state index contributed by atoms with van der Waals surface area (Å²) in [5.41, 5.74) is -1.08. The number of benzene rings is 1. The van der Waals surface area contributed by atoms with E-state index >= 15 is 0 Å². The van der Waals surface area contributed by atoms with Gasteiger partial charge in [0.2, 0.25) is 0 Å². The second kappa shape index (κ2) is 5.36. The van der Waals surface area contributed by atoms with Gasteiger partial charge in [-0.15, -0.1) is 0 Å². The molecule has 0 heterocycles. The van der Waals surface area contributed by atoms with Gasteiger partial charge < -0.3 is 15.5 Å². The number of aliphatic carboxylic acids is 1. The van der Waals surface area contributed by atoms with E-state index in [0.29, 0.717) is 12.8 Å². The van der Waals surface area contributed by atoms with E-state index in [9.17, 15) is 19.8 Å². The minimum Gasteiger partial charge on any atom is -0.507 e. The molecule has 3 N–H and O–H groups in total.